The first-order valence-corrected chi connectivity index (χ1v) is 5.37. The molecule has 0 amide bonds. The van der Waals surface area contributed by atoms with Gasteiger partial charge >= 0.3 is 0 Å². The molecule has 2 nitrogen and oxygen atoms in total. The highest BCUT2D eigenvalue weighted by molar-refractivity contribution is 5.11. The zero-order valence-electron chi connectivity index (χ0n) is 8.67. The third-order valence-electron chi connectivity index (χ3n) is 4.28. The highest BCUT2D eigenvalue weighted by Crippen LogP contribution is 2.58. The van der Waals surface area contributed by atoms with Crippen LogP contribution in [0.3, 0.4) is 0 Å². The summed E-state index contributed by atoms with van der Waals surface area (Å²) in [5.74, 6) is 0. The molecule has 0 N–H and O–H groups in total. The lowest BCUT2D eigenvalue weighted by Crippen LogP contribution is -2.34. The zero-order valence-corrected chi connectivity index (χ0v) is 8.67. The van der Waals surface area contributed by atoms with Gasteiger partial charge in [-0.1, -0.05) is 6.92 Å². The zero-order chi connectivity index (χ0) is 9.27. The van der Waals surface area contributed by atoms with E-state index >= 15 is 0 Å². The van der Waals surface area contributed by atoms with Crippen molar-refractivity contribution >= 4 is 0 Å². The fourth-order valence-corrected chi connectivity index (χ4v) is 3.00. The molecule has 3 rings (SSSR count). The maximum absolute atomic E-state index is 5.72. The Morgan fingerprint density at radius 3 is 2.46 bits per heavy atom. The van der Waals surface area contributed by atoms with Gasteiger partial charge in [0, 0.05) is 0 Å². The summed E-state index contributed by atoms with van der Waals surface area (Å²) in [6.07, 6.45) is 5.24. The van der Waals surface area contributed by atoms with Gasteiger partial charge in [-0.3, -0.25) is 0 Å². The number of rotatable bonds is 1. The van der Waals surface area contributed by atoms with Crippen LogP contribution in [0.25, 0.3) is 0 Å². The maximum Gasteiger partial charge on any atom is 0.0920 e. The van der Waals surface area contributed by atoms with Gasteiger partial charge in [0.1, 0.15) is 0 Å². The van der Waals surface area contributed by atoms with Crippen molar-refractivity contribution in [2.75, 3.05) is 0 Å². The fraction of sp³-hybridized carbons (Fsp3) is 1.00. The lowest BCUT2D eigenvalue weighted by atomic mass is 9.69. The number of fused-ring (bicyclic) bond motifs is 1. The SMILES string of the molecule is C[C@@H]1O[C@H]1[C@]1(C)CC[C@@]2(C)O[C@@H]2C1. The summed E-state index contributed by atoms with van der Waals surface area (Å²) in [5, 5.41) is 0. The van der Waals surface area contributed by atoms with Gasteiger partial charge in [-0.15, -0.1) is 0 Å². The van der Waals surface area contributed by atoms with Crippen LogP contribution >= 0.6 is 0 Å². The van der Waals surface area contributed by atoms with Crippen molar-refractivity contribution in [3.63, 3.8) is 0 Å². The van der Waals surface area contributed by atoms with Crippen LogP contribution in [0.5, 0.6) is 0 Å². The molecule has 0 aromatic rings. The van der Waals surface area contributed by atoms with E-state index in [1.165, 1.54) is 19.3 Å². The van der Waals surface area contributed by atoms with Crippen molar-refractivity contribution in [1.29, 1.82) is 0 Å². The molecule has 74 valence electrons. The molecule has 0 aromatic carbocycles. The average Bonchev–Trinajstić information content (AvgIpc) is 2.89. The van der Waals surface area contributed by atoms with Gasteiger partial charge in [0.05, 0.1) is 23.9 Å². The van der Waals surface area contributed by atoms with E-state index in [1.807, 2.05) is 0 Å². The number of hydrogen-bond acceptors (Lipinski definition) is 2. The van der Waals surface area contributed by atoms with E-state index in [-0.39, 0.29) is 5.60 Å². The van der Waals surface area contributed by atoms with E-state index in [2.05, 4.69) is 20.8 Å². The van der Waals surface area contributed by atoms with Crippen LogP contribution in [0.2, 0.25) is 0 Å². The summed E-state index contributed by atoms with van der Waals surface area (Å²) in [4.78, 5) is 0. The molecule has 0 radical (unpaired) electrons. The minimum atomic E-state index is 0.248. The highest BCUT2D eigenvalue weighted by atomic mass is 16.6. The molecule has 0 aromatic heterocycles. The largest absolute Gasteiger partial charge is 0.369 e. The molecule has 1 aliphatic carbocycles. The van der Waals surface area contributed by atoms with E-state index < -0.39 is 0 Å². The smallest absolute Gasteiger partial charge is 0.0920 e. The summed E-state index contributed by atoms with van der Waals surface area (Å²) in [6.45, 7) is 6.79. The Morgan fingerprint density at radius 2 is 1.92 bits per heavy atom. The molecule has 0 bridgehead atoms. The first kappa shape index (κ1) is 8.25. The molecule has 0 spiro atoms. The Morgan fingerprint density at radius 1 is 1.23 bits per heavy atom. The van der Waals surface area contributed by atoms with Gasteiger partial charge in [0.2, 0.25) is 0 Å². The molecule has 3 fully saturated rings. The van der Waals surface area contributed by atoms with Gasteiger partial charge in [-0.25, -0.2) is 0 Å². The monoisotopic (exact) mass is 182 g/mol. The van der Waals surface area contributed by atoms with E-state index in [0.717, 1.165) is 0 Å². The van der Waals surface area contributed by atoms with Gasteiger partial charge < -0.3 is 9.47 Å². The Kier molecular flexibility index (Phi) is 1.34. The second-order valence-electron chi connectivity index (χ2n) is 5.54. The molecule has 3 aliphatic rings. The molecule has 2 aliphatic heterocycles. The lowest BCUT2D eigenvalue weighted by Gasteiger charge is -2.32. The van der Waals surface area contributed by atoms with Gasteiger partial charge in [0.15, 0.2) is 0 Å². The fourth-order valence-electron chi connectivity index (χ4n) is 3.00. The summed E-state index contributed by atoms with van der Waals surface area (Å²) in [7, 11) is 0. The van der Waals surface area contributed by atoms with Crippen molar-refractivity contribution in [1.82, 2.24) is 0 Å². The number of epoxide rings is 2. The van der Waals surface area contributed by atoms with Gasteiger partial charge in [-0.05, 0) is 38.5 Å². The summed E-state index contributed by atoms with van der Waals surface area (Å²) >= 11 is 0. The van der Waals surface area contributed by atoms with E-state index in [9.17, 15) is 0 Å². The van der Waals surface area contributed by atoms with Crippen LogP contribution in [-0.2, 0) is 9.47 Å². The van der Waals surface area contributed by atoms with E-state index in [1.54, 1.807) is 0 Å². The van der Waals surface area contributed by atoms with Crippen LogP contribution in [0.4, 0.5) is 0 Å². The molecule has 2 heterocycles. The van der Waals surface area contributed by atoms with Gasteiger partial charge in [-0.2, -0.15) is 0 Å². The highest BCUT2D eigenvalue weighted by Gasteiger charge is 2.62. The van der Waals surface area contributed by atoms with Crippen molar-refractivity contribution in [2.45, 2.75) is 63.9 Å². The predicted molar refractivity (Wildman–Crippen MR) is 49.6 cm³/mol. The summed E-state index contributed by atoms with van der Waals surface area (Å²) < 4.78 is 11.3. The van der Waals surface area contributed by atoms with Crippen LogP contribution < -0.4 is 0 Å². The Hall–Kier alpha value is -0.0800. The van der Waals surface area contributed by atoms with E-state index in [4.69, 9.17) is 9.47 Å². The van der Waals surface area contributed by atoms with Crippen molar-refractivity contribution in [3.8, 4) is 0 Å². The average molecular weight is 182 g/mol. The topological polar surface area (TPSA) is 25.1 Å². The molecule has 1 saturated carbocycles. The van der Waals surface area contributed by atoms with Crippen LogP contribution in [0.15, 0.2) is 0 Å². The number of ether oxygens (including phenoxy) is 2. The number of hydrogen-bond donors (Lipinski definition) is 0. The normalized spacial score (nSPS) is 64.4. The quantitative estimate of drug-likeness (QED) is 0.580. The van der Waals surface area contributed by atoms with Crippen LogP contribution in [-0.4, -0.2) is 23.9 Å². The van der Waals surface area contributed by atoms with E-state index in [0.29, 0.717) is 23.7 Å². The minimum Gasteiger partial charge on any atom is -0.369 e. The summed E-state index contributed by atoms with van der Waals surface area (Å²) in [5.41, 5.74) is 0.651. The predicted octanol–water partition coefficient (Wildman–Crippen LogP) is 2.12. The first-order valence-electron chi connectivity index (χ1n) is 5.37. The molecule has 13 heavy (non-hydrogen) atoms. The van der Waals surface area contributed by atoms with Crippen LogP contribution in [0, 0.1) is 5.41 Å². The Labute approximate surface area is 79.6 Å². The third-order valence-corrected chi connectivity index (χ3v) is 4.28. The molecular weight excluding hydrogens is 164 g/mol. The van der Waals surface area contributed by atoms with Gasteiger partial charge in [0.25, 0.3) is 0 Å². The standard InChI is InChI=1S/C11H18O2/c1-7-9(12-7)10(2)4-5-11(3)8(6-10)13-11/h7-9H,4-6H2,1-3H3/t7-,8+,9+,10+,11+/m0/s1. The second kappa shape index (κ2) is 2.12. The molecular formula is C11H18O2. The molecule has 0 unspecified atom stereocenters. The van der Waals surface area contributed by atoms with Crippen LogP contribution in [0.1, 0.15) is 40.0 Å². The minimum absolute atomic E-state index is 0.248. The Bertz CT molecular complexity index is 252. The van der Waals surface area contributed by atoms with Crippen molar-refractivity contribution in [2.24, 2.45) is 5.41 Å². The van der Waals surface area contributed by atoms with Crippen molar-refractivity contribution < 1.29 is 9.47 Å². The first-order chi connectivity index (χ1) is 6.04. The second-order valence-corrected chi connectivity index (χ2v) is 5.54. The van der Waals surface area contributed by atoms with Crippen molar-refractivity contribution in [3.05, 3.63) is 0 Å². The Balaban J connectivity index is 1.73. The molecule has 2 saturated heterocycles. The lowest BCUT2D eigenvalue weighted by molar-refractivity contribution is 0.157. The molecule has 5 atom stereocenters. The maximum atomic E-state index is 5.72. The molecule has 2 heteroatoms. The third kappa shape index (κ3) is 1.08. The summed E-state index contributed by atoms with van der Waals surface area (Å²) in [6, 6.07) is 0.